The van der Waals surface area contributed by atoms with Crippen LogP contribution >= 0.6 is 0 Å². The third-order valence-corrected chi connectivity index (χ3v) is 2.27. The summed E-state index contributed by atoms with van der Waals surface area (Å²) < 4.78 is 0. The Labute approximate surface area is 98.2 Å². The minimum Gasteiger partial charge on any atom is -0.476 e. The van der Waals surface area contributed by atoms with Crippen LogP contribution in [0.4, 0.5) is 0 Å². The van der Waals surface area contributed by atoms with Crippen molar-refractivity contribution in [2.45, 2.75) is 13.8 Å². The van der Waals surface area contributed by atoms with Gasteiger partial charge in [0.15, 0.2) is 11.5 Å². The predicted octanol–water partition coefficient (Wildman–Crippen LogP) is 1.85. The van der Waals surface area contributed by atoms with Gasteiger partial charge in [-0.25, -0.2) is 19.7 Å². The van der Waals surface area contributed by atoms with Gasteiger partial charge in [-0.05, 0) is 32.0 Å². The molecule has 0 aliphatic carbocycles. The zero-order chi connectivity index (χ0) is 12.4. The van der Waals surface area contributed by atoms with Gasteiger partial charge >= 0.3 is 5.97 Å². The van der Waals surface area contributed by atoms with E-state index in [-0.39, 0.29) is 5.69 Å². The number of carboxylic acids is 1. The van der Waals surface area contributed by atoms with Gasteiger partial charge in [-0.1, -0.05) is 0 Å². The van der Waals surface area contributed by atoms with Crippen molar-refractivity contribution >= 4 is 5.97 Å². The molecule has 0 saturated heterocycles. The van der Waals surface area contributed by atoms with E-state index in [2.05, 4.69) is 15.0 Å². The van der Waals surface area contributed by atoms with E-state index in [0.29, 0.717) is 17.1 Å². The Balaban J connectivity index is 2.63. The average molecular weight is 229 g/mol. The number of rotatable bonds is 2. The van der Waals surface area contributed by atoms with Gasteiger partial charge in [0.05, 0.1) is 5.56 Å². The maximum absolute atomic E-state index is 11.1. The highest BCUT2D eigenvalue weighted by molar-refractivity contribution is 5.92. The van der Waals surface area contributed by atoms with Crippen LogP contribution in [-0.4, -0.2) is 26.0 Å². The molecule has 2 aromatic heterocycles. The molecular formula is C12H11N3O2. The molecule has 0 spiro atoms. The third kappa shape index (κ3) is 2.28. The van der Waals surface area contributed by atoms with Crippen molar-refractivity contribution in [1.82, 2.24) is 15.0 Å². The zero-order valence-electron chi connectivity index (χ0n) is 9.51. The lowest BCUT2D eigenvalue weighted by Gasteiger charge is -2.05. The molecule has 0 fully saturated rings. The third-order valence-electron chi connectivity index (χ3n) is 2.27. The summed E-state index contributed by atoms with van der Waals surface area (Å²) >= 11 is 0. The Morgan fingerprint density at radius 3 is 2.47 bits per heavy atom. The monoisotopic (exact) mass is 229 g/mol. The summed E-state index contributed by atoms with van der Waals surface area (Å²) in [5.74, 6) is -0.691. The van der Waals surface area contributed by atoms with E-state index in [1.165, 1.54) is 0 Å². The van der Waals surface area contributed by atoms with E-state index in [9.17, 15) is 4.79 Å². The first kappa shape index (κ1) is 11.2. The first-order valence-electron chi connectivity index (χ1n) is 5.09. The fourth-order valence-electron chi connectivity index (χ4n) is 1.48. The van der Waals surface area contributed by atoms with Crippen molar-refractivity contribution in [1.29, 1.82) is 0 Å². The number of pyridine rings is 1. The van der Waals surface area contributed by atoms with Crippen LogP contribution in [-0.2, 0) is 0 Å². The second-order valence-corrected chi connectivity index (χ2v) is 3.68. The number of hydrogen-bond acceptors (Lipinski definition) is 4. The second kappa shape index (κ2) is 4.29. The minimum absolute atomic E-state index is 0.0180. The highest BCUT2D eigenvalue weighted by Crippen LogP contribution is 2.19. The number of nitrogens with zero attached hydrogens (tertiary/aromatic N) is 3. The van der Waals surface area contributed by atoms with E-state index < -0.39 is 5.97 Å². The van der Waals surface area contributed by atoms with Crippen molar-refractivity contribution in [2.24, 2.45) is 0 Å². The SMILES string of the molecule is Cc1ccnc(-c2ccc(C)nc2C(=O)O)n1. The van der Waals surface area contributed by atoms with Crippen LogP contribution < -0.4 is 0 Å². The van der Waals surface area contributed by atoms with Gasteiger partial charge in [0.1, 0.15) is 0 Å². The summed E-state index contributed by atoms with van der Waals surface area (Å²) in [5.41, 5.74) is 1.85. The van der Waals surface area contributed by atoms with Crippen molar-refractivity contribution in [3.8, 4) is 11.4 Å². The molecule has 17 heavy (non-hydrogen) atoms. The largest absolute Gasteiger partial charge is 0.476 e. The molecule has 0 unspecified atom stereocenters. The van der Waals surface area contributed by atoms with Gasteiger partial charge in [0, 0.05) is 17.6 Å². The molecule has 2 rings (SSSR count). The first-order valence-corrected chi connectivity index (χ1v) is 5.09. The zero-order valence-corrected chi connectivity index (χ0v) is 9.51. The molecule has 5 nitrogen and oxygen atoms in total. The molecule has 0 amide bonds. The fraction of sp³-hybridized carbons (Fsp3) is 0.167. The molecule has 2 heterocycles. The van der Waals surface area contributed by atoms with Gasteiger partial charge in [-0.2, -0.15) is 0 Å². The highest BCUT2D eigenvalue weighted by atomic mass is 16.4. The Morgan fingerprint density at radius 2 is 1.82 bits per heavy atom. The maximum atomic E-state index is 11.1. The van der Waals surface area contributed by atoms with Gasteiger partial charge < -0.3 is 5.11 Å². The lowest BCUT2D eigenvalue weighted by Crippen LogP contribution is -2.06. The second-order valence-electron chi connectivity index (χ2n) is 3.68. The summed E-state index contributed by atoms with van der Waals surface area (Å²) in [5, 5.41) is 9.10. The fourth-order valence-corrected chi connectivity index (χ4v) is 1.48. The normalized spacial score (nSPS) is 10.2. The molecule has 1 N–H and O–H groups in total. The molecule has 0 bridgehead atoms. The minimum atomic E-state index is -1.08. The number of hydrogen-bond donors (Lipinski definition) is 1. The molecule has 0 aromatic carbocycles. The van der Waals surface area contributed by atoms with Crippen LogP contribution in [0.3, 0.4) is 0 Å². The Hall–Kier alpha value is -2.30. The van der Waals surface area contributed by atoms with E-state index in [4.69, 9.17) is 5.11 Å². The van der Waals surface area contributed by atoms with Crippen LogP contribution in [0.1, 0.15) is 21.9 Å². The molecule has 0 atom stereocenters. The molecule has 0 aliphatic rings. The number of aromatic nitrogens is 3. The predicted molar refractivity (Wildman–Crippen MR) is 61.7 cm³/mol. The number of aromatic carboxylic acids is 1. The topological polar surface area (TPSA) is 76.0 Å². The molecule has 5 heteroatoms. The lowest BCUT2D eigenvalue weighted by molar-refractivity contribution is 0.0691. The lowest BCUT2D eigenvalue weighted by atomic mass is 10.1. The summed E-state index contributed by atoms with van der Waals surface area (Å²) in [6.45, 7) is 3.57. The van der Waals surface area contributed by atoms with Crippen LogP contribution in [0.15, 0.2) is 24.4 Å². The first-order chi connectivity index (χ1) is 8.08. The van der Waals surface area contributed by atoms with Gasteiger partial charge in [0.25, 0.3) is 0 Å². The van der Waals surface area contributed by atoms with Gasteiger partial charge in [-0.3, -0.25) is 0 Å². The molecule has 0 radical (unpaired) electrons. The van der Waals surface area contributed by atoms with Crippen LogP contribution in [0.5, 0.6) is 0 Å². The van der Waals surface area contributed by atoms with Crippen molar-refractivity contribution < 1.29 is 9.90 Å². The Bertz CT molecular complexity index is 582. The van der Waals surface area contributed by atoms with Crippen molar-refractivity contribution in [3.63, 3.8) is 0 Å². The summed E-state index contributed by atoms with van der Waals surface area (Å²) in [6.07, 6.45) is 1.60. The summed E-state index contributed by atoms with van der Waals surface area (Å²) in [7, 11) is 0. The molecule has 2 aromatic rings. The van der Waals surface area contributed by atoms with Crippen molar-refractivity contribution in [2.75, 3.05) is 0 Å². The average Bonchev–Trinajstić information content (AvgIpc) is 2.28. The van der Waals surface area contributed by atoms with Crippen LogP contribution in [0.2, 0.25) is 0 Å². The van der Waals surface area contributed by atoms with E-state index in [0.717, 1.165) is 5.69 Å². The summed E-state index contributed by atoms with van der Waals surface area (Å²) in [4.78, 5) is 23.4. The smallest absolute Gasteiger partial charge is 0.355 e. The molecule has 0 saturated carbocycles. The van der Waals surface area contributed by atoms with Gasteiger partial charge in [0.2, 0.25) is 0 Å². The van der Waals surface area contributed by atoms with E-state index in [1.807, 2.05) is 6.92 Å². The number of carbonyl (C=O) groups is 1. The summed E-state index contributed by atoms with van der Waals surface area (Å²) in [6, 6.07) is 5.18. The highest BCUT2D eigenvalue weighted by Gasteiger charge is 2.15. The van der Waals surface area contributed by atoms with Crippen LogP contribution in [0, 0.1) is 13.8 Å². The van der Waals surface area contributed by atoms with E-state index in [1.54, 1.807) is 31.3 Å². The molecule has 86 valence electrons. The number of aryl methyl sites for hydroxylation is 2. The van der Waals surface area contributed by atoms with Gasteiger partial charge in [-0.15, -0.1) is 0 Å². The van der Waals surface area contributed by atoms with Crippen molar-refractivity contribution in [3.05, 3.63) is 41.5 Å². The molecular weight excluding hydrogens is 218 g/mol. The number of carboxylic acid groups (broad SMARTS) is 1. The Kier molecular flexibility index (Phi) is 2.82. The molecule has 0 aliphatic heterocycles. The van der Waals surface area contributed by atoms with Crippen LogP contribution in [0.25, 0.3) is 11.4 Å². The quantitative estimate of drug-likeness (QED) is 0.850. The Morgan fingerprint density at radius 1 is 1.12 bits per heavy atom. The maximum Gasteiger partial charge on any atom is 0.355 e. The van der Waals surface area contributed by atoms with E-state index >= 15 is 0 Å². The standard InChI is InChI=1S/C12H11N3O2/c1-7-3-4-9(10(14-7)12(16)17)11-13-6-5-8(2)15-11/h3-6H,1-2H3,(H,16,17).